The van der Waals surface area contributed by atoms with Gasteiger partial charge < -0.3 is 20.4 Å². The molecule has 0 bridgehead atoms. The average Bonchev–Trinajstić information content (AvgIpc) is 2.95. The third-order valence-corrected chi connectivity index (χ3v) is 7.85. The van der Waals surface area contributed by atoms with Crippen LogP contribution in [0.25, 0.3) is 0 Å². The van der Waals surface area contributed by atoms with Crippen LogP contribution >= 0.6 is 15.9 Å². The molecule has 1 saturated heterocycles. The van der Waals surface area contributed by atoms with Crippen molar-refractivity contribution in [2.75, 3.05) is 43.4 Å². The quantitative estimate of drug-likeness (QED) is 0.418. The van der Waals surface area contributed by atoms with E-state index >= 15 is 0 Å². The topological polar surface area (TPSA) is 85.0 Å². The largest absolute Gasteiger partial charge is 0.332 e. The van der Waals surface area contributed by atoms with Crippen LogP contribution in [0.1, 0.15) is 22.3 Å². The van der Waals surface area contributed by atoms with Gasteiger partial charge in [0, 0.05) is 67.2 Å². The van der Waals surface area contributed by atoms with Gasteiger partial charge in [-0.2, -0.15) is 0 Å². The summed E-state index contributed by atoms with van der Waals surface area (Å²) in [5.41, 5.74) is 4.96. The Balaban J connectivity index is 1.15. The predicted octanol–water partition coefficient (Wildman–Crippen LogP) is 4.77. The zero-order chi connectivity index (χ0) is 28.2. The van der Waals surface area contributed by atoms with Gasteiger partial charge in [-0.25, -0.2) is 9.18 Å². The van der Waals surface area contributed by atoms with Gasteiger partial charge in [-0.1, -0.05) is 45.8 Å². The van der Waals surface area contributed by atoms with Crippen LogP contribution in [0.2, 0.25) is 0 Å². The number of carbonyl (C=O) groups excluding carboxylic acids is 3. The lowest BCUT2D eigenvalue weighted by molar-refractivity contribution is -0.153. The molecule has 0 saturated carbocycles. The van der Waals surface area contributed by atoms with E-state index in [4.69, 9.17) is 0 Å². The van der Waals surface area contributed by atoms with E-state index in [0.29, 0.717) is 69.2 Å². The molecule has 3 aromatic rings. The van der Waals surface area contributed by atoms with Crippen LogP contribution in [-0.4, -0.2) is 65.3 Å². The van der Waals surface area contributed by atoms with Gasteiger partial charge in [-0.3, -0.25) is 14.5 Å². The summed E-state index contributed by atoms with van der Waals surface area (Å²) in [6.07, 6.45) is 0.529. The number of aryl methyl sites for hydroxylation is 1. The number of halogens is 2. The Morgan fingerprint density at radius 1 is 0.875 bits per heavy atom. The molecule has 1 fully saturated rings. The smallest absolute Gasteiger partial charge is 0.323 e. The number of nitrogens with zero attached hydrogens (tertiary/aromatic N) is 3. The molecule has 0 radical (unpaired) electrons. The normalized spacial score (nSPS) is 15.4. The Bertz CT molecular complexity index is 1420. The molecule has 8 nitrogen and oxygen atoms in total. The number of fused-ring (bicyclic) bond motifs is 1. The van der Waals surface area contributed by atoms with E-state index in [1.54, 1.807) is 21.9 Å². The minimum absolute atomic E-state index is 0.257. The summed E-state index contributed by atoms with van der Waals surface area (Å²) in [7, 11) is 0. The number of amides is 4. The highest BCUT2D eigenvalue weighted by molar-refractivity contribution is 9.10. The third kappa shape index (κ3) is 6.51. The standard InChI is InChI=1S/C30H31BrFN5O3/c1-20-5-8-24(9-6-20)33-30(40)34-27-4-2-3-21-19-37(12-11-25(21)27)29(39)28(38)36-15-13-35(14-16-36)18-22-17-23(31)7-10-26(22)32/h2-10,17H,11-16,18-19H2,1H3,(H2,33,34,40). The molecule has 0 aromatic heterocycles. The molecule has 3 aromatic carbocycles. The molecule has 0 aliphatic carbocycles. The Morgan fingerprint density at radius 3 is 2.35 bits per heavy atom. The average molecular weight is 609 g/mol. The molecule has 0 atom stereocenters. The molecule has 5 rings (SSSR count). The van der Waals surface area contributed by atoms with Crippen LogP contribution in [0, 0.1) is 12.7 Å². The monoisotopic (exact) mass is 607 g/mol. The highest BCUT2D eigenvalue weighted by atomic mass is 79.9. The van der Waals surface area contributed by atoms with Crippen molar-refractivity contribution >= 4 is 45.2 Å². The summed E-state index contributed by atoms with van der Waals surface area (Å²) in [6.45, 7) is 5.07. The van der Waals surface area contributed by atoms with E-state index in [-0.39, 0.29) is 11.8 Å². The van der Waals surface area contributed by atoms with Crippen LogP contribution in [-0.2, 0) is 29.1 Å². The molecule has 2 heterocycles. The number of rotatable bonds is 4. The van der Waals surface area contributed by atoms with E-state index in [9.17, 15) is 18.8 Å². The maximum Gasteiger partial charge on any atom is 0.323 e. The van der Waals surface area contributed by atoms with Crippen molar-refractivity contribution in [1.29, 1.82) is 0 Å². The lowest BCUT2D eigenvalue weighted by Gasteiger charge is -2.36. The van der Waals surface area contributed by atoms with Crippen molar-refractivity contribution < 1.29 is 18.8 Å². The Labute approximate surface area is 241 Å². The van der Waals surface area contributed by atoms with Gasteiger partial charge in [0.25, 0.3) is 0 Å². The number of hydrogen-bond acceptors (Lipinski definition) is 4. The zero-order valence-corrected chi connectivity index (χ0v) is 23.8. The molecular formula is C30H31BrFN5O3. The molecule has 40 heavy (non-hydrogen) atoms. The fourth-order valence-electron chi connectivity index (χ4n) is 5.11. The van der Waals surface area contributed by atoms with Gasteiger partial charge in [-0.05, 0) is 60.9 Å². The van der Waals surface area contributed by atoms with Gasteiger partial charge in [-0.15, -0.1) is 0 Å². The van der Waals surface area contributed by atoms with Crippen molar-refractivity contribution in [3.05, 3.63) is 93.2 Å². The van der Waals surface area contributed by atoms with Gasteiger partial charge in [0.1, 0.15) is 5.82 Å². The van der Waals surface area contributed by atoms with Crippen LogP contribution in [0.5, 0.6) is 0 Å². The van der Waals surface area contributed by atoms with Crippen LogP contribution < -0.4 is 10.6 Å². The minimum Gasteiger partial charge on any atom is -0.332 e. The second kappa shape index (κ2) is 12.2. The van der Waals surface area contributed by atoms with E-state index in [1.807, 2.05) is 49.4 Å². The van der Waals surface area contributed by atoms with Gasteiger partial charge in [0.05, 0.1) is 0 Å². The molecule has 208 valence electrons. The zero-order valence-electron chi connectivity index (χ0n) is 22.3. The SMILES string of the molecule is Cc1ccc(NC(=O)Nc2cccc3c2CCN(C(=O)C(=O)N2CCN(Cc4cc(Br)ccc4F)CC2)C3)cc1. The van der Waals surface area contributed by atoms with Crippen molar-refractivity contribution in [2.24, 2.45) is 0 Å². The fraction of sp³-hybridized carbons (Fsp3) is 0.300. The molecule has 0 unspecified atom stereocenters. The number of anilines is 2. The first-order chi connectivity index (χ1) is 19.3. The lowest BCUT2D eigenvalue weighted by Crippen LogP contribution is -2.53. The lowest BCUT2D eigenvalue weighted by atomic mass is 9.97. The van der Waals surface area contributed by atoms with Crippen molar-refractivity contribution in [1.82, 2.24) is 14.7 Å². The van der Waals surface area contributed by atoms with Crippen molar-refractivity contribution in [3.8, 4) is 0 Å². The number of piperazine rings is 1. The van der Waals surface area contributed by atoms with Crippen LogP contribution in [0.3, 0.4) is 0 Å². The maximum atomic E-state index is 14.1. The summed E-state index contributed by atoms with van der Waals surface area (Å²) < 4.78 is 15.0. The molecule has 4 amide bonds. The third-order valence-electron chi connectivity index (χ3n) is 7.35. The van der Waals surface area contributed by atoms with Crippen LogP contribution in [0.15, 0.2) is 65.1 Å². The Hall–Kier alpha value is -3.76. The number of nitrogens with one attached hydrogen (secondary N) is 2. The summed E-state index contributed by atoms with van der Waals surface area (Å²) in [4.78, 5) is 44.0. The van der Waals surface area contributed by atoms with Gasteiger partial charge >= 0.3 is 17.8 Å². The second-order valence-corrected chi connectivity index (χ2v) is 11.1. The first-order valence-corrected chi connectivity index (χ1v) is 14.1. The molecule has 10 heteroatoms. The molecule has 0 spiro atoms. The van der Waals surface area contributed by atoms with E-state index in [0.717, 1.165) is 21.2 Å². The molecular weight excluding hydrogens is 577 g/mol. The first kappa shape index (κ1) is 27.8. The number of hydrogen-bond donors (Lipinski definition) is 2. The molecule has 2 aliphatic rings. The molecule has 2 N–H and O–H groups in total. The Morgan fingerprint density at radius 2 is 1.60 bits per heavy atom. The molecule has 2 aliphatic heterocycles. The highest BCUT2D eigenvalue weighted by Gasteiger charge is 2.32. The number of carbonyl (C=O) groups is 3. The summed E-state index contributed by atoms with van der Waals surface area (Å²) in [5, 5.41) is 5.76. The van der Waals surface area contributed by atoms with E-state index in [2.05, 4.69) is 31.5 Å². The predicted molar refractivity (Wildman–Crippen MR) is 155 cm³/mol. The highest BCUT2D eigenvalue weighted by Crippen LogP contribution is 2.27. The van der Waals surface area contributed by atoms with E-state index < -0.39 is 11.8 Å². The number of urea groups is 1. The summed E-state index contributed by atoms with van der Waals surface area (Å²) in [5.74, 6) is -1.29. The first-order valence-electron chi connectivity index (χ1n) is 13.3. The maximum absolute atomic E-state index is 14.1. The van der Waals surface area contributed by atoms with E-state index in [1.165, 1.54) is 6.07 Å². The number of benzene rings is 3. The summed E-state index contributed by atoms with van der Waals surface area (Å²) in [6, 6.07) is 17.7. The van der Waals surface area contributed by atoms with Gasteiger partial charge in [0.2, 0.25) is 0 Å². The second-order valence-electron chi connectivity index (χ2n) is 10.2. The summed E-state index contributed by atoms with van der Waals surface area (Å²) >= 11 is 3.38. The Kier molecular flexibility index (Phi) is 8.46. The van der Waals surface area contributed by atoms with Crippen molar-refractivity contribution in [3.63, 3.8) is 0 Å². The minimum atomic E-state index is -0.521. The van der Waals surface area contributed by atoms with Crippen molar-refractivity contribution in [2.45, 2.75) is 26.4 Å². The van der Waals surface area contributed by atoms with Gasteiger partial charge in [0.15, 0.2) is 0 Å². The van der Waals surface area contributed by atoms with Crippen LogP contribution in [0.4, 0.5) is 20.6 Å². The fourth-order valence-corrected chi connectivity index (χ4v) is 5.51.